The van der Waals surface area contributed by atoms with Gasteiger partial charge in [-0.05, 0) is 62.1 Å². The third-order valence-electron chi connectivity index (χ3n) is 4.98. The van der Waals surface area contributed by atoms with Crippen molar-refractivity contribution in [1.82, 2.24) is 0 Å². The van der Waals surface area contributed by atoms with Crippen LogP contribution in [0.3, 0.4) is 0 Å². The summed E-state index contributed by atoms with van der Waals surface area (Å²) in [6.07, 6.45) is 3.06. The molecule has 7 nitrogen and oxygen atoms in total. The lowest BCUT2D eigenvalue weighted by molar-refractivity contribution is -0.117. The van der Waals surface area contributed by atoms with Crippen molar-refractivity contribution in [2.45, 2.75) is 39.5 Å². The lowest BCUT2D eigenvalue weighted by Crippen LogP contribution is -2.23. The first kappa shape index (κ1) is 22.6. The van der Waals surface area contributed by atoms with Gasteiger partial charge in [0.2, 0.25) is 17.7 Å². The van der Waals surface area contributed by atoms with Crippen molar-refractivity contribution >= 4 is 52.1 Å². The number of hydrogen-bond acceptors (Lipinski definition) is 4. The fourth-order valence-electron chi connectivity index (χ4n) is 3.05. The van der Waals surface area contributed by atoms with Crippen LogP contribution >= 0.6 is 11.6 Å². The van der Waals surface area contributed by atoms with Gasteiger partial charge in [-0.15, -0.1) is 0 Å². The molecule has 0 saturated heterocycles. The third kappa shape index (κ3) is 6.46. The normalized spacial score (nSPS) is 12.7. The van der Waals surface area contributed by atoms with Crippen molar-refractivity contribution in [3.63, 3.8) is 0 Å². The lowest BCUT2D eigenvalue weighted by Gasteiger charge is -2.15. The summed E-state index contributed by atoms with van der Waals surface area (Å²) in [7, 11) is 0. The number of amides is 3. The molecule has 4 N–H and O–H groups in total. The predicted octanol–water partition coefficient (Wildman–Crippen LogP) is 4.79. The minimum absolute atomic E-state index is 0.00974. The van der Waals surface area contributed by atoms with E-state index in [-0.39, 0.29) is 30.2 Å². The van der Waals surface area contributed by atoms with Gasteiger partial charge in [0.1, 0.15) is 0 Å². The zero-order valence-electron chi connectivity index (χ0n) is 17.7. The smallest absolute Gasteiger partial charge is 0.243 e. The monoisotopic (exact) mass is 442 g/mol. The average molecular weight is 443 g/mol. The molecule has 0 atom stereocenters. The Morgan fingerprint density at radius 3 is 2.35 bits per heavy atom. The molecule has 8 heteroatoms. The molecule has 1 fully saturated rings. The van der Waals surface area contributed by atoms with Crippen molar-refractivity contribution in [2.24, 2.45) is 5.92 Å². The van der Waals surface area contributed by atoms with Gasteiger partial charge in [0, 0.05) is 29.4 Å². The predicted molar refractivity (Wildman–Crippen MR) is 125 cm³/mol. The number of halogens is 1. The van der Waals surface area contributed by atoms with Gasteiger partial charge in [-0.1, -0.05) is 24.6 Å². The molecular formula is C23H27ClN4O3. The number of benzene rings is 2. The topological polar surface area (TPSA) is 99.3 Å². The number of carbonyl (C=O) groups is 3. The summed E-state index contributed by atoms with van der Waals surface area (Å²) in [6, 6.07) is 10.5. The Morgan fingerprint density at radius 2 is 1.68 bits per heavy atom. The minimum atomic E-state index is -0.259. The summed E-state index contributed by atoms with van der Waals surface area (Å²) in [5.74, 6) is -0.203. The Labute approximate surface area is 186 Å². The van der Waals surface area contributed by atoms with Gasteiger partial charge in [-0.3, -0.25) is 14.4 Å². The summed E-state index contributed by atoms with van der Waals surface area (Å²) < 4.78 is 0. The van der Waals surface area contributed by atoms with E-state index >= 15 is 0 Å². The summed E-state index contributed by atoms with van der Waals surface area (Å²) in [4.78, 5) is 36.3. The first-order valence-corrected chi connectivity index (χ1v) is 10.8. The summed E-state index contributed by atoms with van der Waals surface area (Å²) in [5, 5.41) is 12.0. The van der Waals surface area contributed by atoms with Crippen molar-refractivity contribution < 1.29 is 14.4 Å². The van der Waals surface area contributed by atoms with E-state index in [9.17, 15) is 14.4 Å². The first-order valence-electron chi connectivity index (χ1n) is 10.4. The second-order valence-corrected chi connectivity index (χ2v) is 8.04. The Bertz CT molecular complexity index is 989. The highest BCUT2D eigenvalue weighted by Crippen LogP contribution is 2.32. The van der Waals surface area contributed by atoms with Gasteiger partial charge in [0.05, 0.1) is 17.3 Å². The van der Waals surface area contributed by atoms with Crippen LogP contribution < -0.4 is 21.3 Å². The van der Waals surface area contributed by atoms with Gasteiger partial charge < -0.3 is 21.3 Å². The van der Waals surface area contributed by atoms with E-state index in [2.05, 4.69) is 21.3 Å². The van der Waals surface area contributed by atoms with Gasteiger partial charge >= 0.3 is 0 Å². The molecule has 0 aromatic heterocycles. The third-order valence-corrected chi connectivity index (χ3v) is 5.31. The Morgan fingerprint density at radius 1 is 0.968 bits per heavy atom. The first-order chi connectivity index (χ1) is 14.9. The Hall–Kier alpha value is -3.06. The summed E-state index contributed by atoms with van der Waals surface area (Å²) in [6.45, 7) is 3.78. The minimum Gasteiger partial charge on any atom is -0.375 e. The number of rotatable bonds is 9. The summed E-state index contributed by atoms with van der Waals surface area (Å²) >= 11 is 6.22. The fraction of sp³-hybridized carbons (Fsp3) is 0.348. The standard InChI is InChI=1S/C23H27ClN4O3/c1-3-5-21(29)26-16-10-11-17(24)20(12-16)25-13-22(30)27-18-6-4-7-19(14(18)2)28-23(31)15-8-9-15/h4,6-7,10-12,15,25H,3,5,8-9,13H2,1-2H3,(H,26,29)(H,27,30)(H,28,31). The highest BCUT2D eigenvalue weighted by atomic mass is 35.5. The quantitative estimate of drug-likeness (QED) is 0.448. The number of carbonyl (C=O) groups excluding carboxylic acids is 3. The molecular weight excluding hydrogens is 416 g/mol. The largest absolute Gasteiger partial charge is 0.375 e. The fourth-order valence-corrected chi connectivity index (χ4v) is 3.23. The molecule has 2 aromatic rings. The maximum atomic E-state index is 12.5. The van der Waals surface area contributed by atoms with Crippen LogP contribution in [0.15, 0.2) is 36.4 Å². The molecule has 0 radical (unpaired) electrons. The second-order valence-electron chi connectivity index (χ2n) is 7.64. The molecule has 1 saturated carbocycles. The van der Waals surface area contributed by atoms with Crippen molar-refractivity contribution in [3.05, 3.63) is 47.0 Å². The van der Waals surface area contributed by atoms with E-state index in [0.717, 1.165) is 24.8 Å². The van der Waals surface area contributed by atoms with E-state index in [4.69, 9.17) is 11.6 Å². The number of hydrogen-bond donors (Lipinski definition) is 4. The molecule has 2 aromatic carbocycles. The van der Waals surface area contributed by atoms with E-state index in [0.29, 0.717) is 34.2 Å². The summed E-state index contributed by atoms with van der Waals surface area (Å²) in [5.41, 5.74) is 3.28. The molecule has 0 bridgehead atoms. The zero-order valence-corrected chi connectivity index (χ0v) is 18.4. The van der Waals surface area contributed by atoms with Crippen molar-refractivity contribution in [1.29, 1.82) is 0 Å². The van der Waals surface area contributed by atoms with E-state index < -0.39 is 0 Å². The van der Waals surface area contributed by atoms with Crippen LogP contribution in [-0.2, 0) is 14.4 Å². The molecule has 0 spiro atoms. The number of anilines is 4. The van der Waals surface area contributed by atoms with E-state index in [1.807, 2.05) is 19.9 Å². The van der Waals surface area contributed by atoms with Crippen LogP contribution in [-0.4, -0.2) is 24.3 Å². The van der Waals surface area contributed by atoms with Gasteiger partial charge in [0.15, 0.2) is 0 Å². The van der Waals surface area contributed by atoms with E-state index in [1.165, 1.54) is 0 Å². The molecule has 3 rings (SSSR count). The van der Waals surface area contributed by atoms with Crippen LogP contribution in [0.25, 0.3) is 0 Å². The van der Waals surface area contributed by atoms with E-state index in [1.54, 1.807) is 30.3 Å². The highest BCUT2D eigenvalue weighted by Gasteiger charge is 2.29. The lowest BCUT2D eigenvalue weighted by atomic mass is 10.1. The molecule has 0 heterocycles. The molecule has 0 aliphatic heterocycles. The van der Waals surface area contributed by atoms with Crippen molar-refractivity contribution in [2.75, 3.05) is 27.8 Å². The molecule has 1 aliphatic carbocycles. The van der Waals surface area contributed by atoms with Gasteiger partial charge in [-0.2, -0.15) is 0 Å². The molecule has 0 unspecified atom stereocenters. The maximum Gasteiger partial charge on any atom is 0.243 e. The number of nitrogens with one attached hydrogen (secondary N) is 4. The maximum absolute atomic E-state index is 12.5. The van der Waals surface area contributed by atoms with Gasteiger partial charge in [0.25, 0.3) is 0 Å². The van der Waals surface area contributed by atoms with Crippen LogP contribution in [0.1, 0.15) is 38.2 Å². The van der Waals surface area contributed by atoms with Crippen molar-refractivity contribution in [3.8, 4) is 0 Å². The van der Waals surface area contributed by atoms with Gasteiger partial charge in [-0.25, -0.2) is 0 Å². The zero-order chi connectivity index (χ0) is 22.4. The van der Waals surface area contributed by atoms with Crippen LogP contribution in [0.5, 0.6) is 0 Å². The Balaban J connectivity index is 1.59. The Kier molecular flexibility index (Phi) is 7.52. The van der Waals surface area contributed by atoms with Crippen LogP contribution in [0.4, 0.5) is 22.7 Å². The molecule has 31 heavy (non-hydrogen) atoms. The SMILES string of the molecule is CCCC(=O)Nc1ccc(Cl)c(NCC(=O)Nc2cccc(NC(=O)C3CC3)c2C)c1. The second kappa shape index (κ2) is 10.3. The van der Waals surface area contributed by atoms with Crippen LogP contribution in [0, 0.1) is 12.8 Å². The molecule has 1 aliphatic rings. The molecule has 164 valence electrons. The average Bonchev–Trinajstić information content (AvgIpc) is 3.57. The van der Waals surface area contributed by atoms with Crippen LogP contribution in [0.2, 0.25) is 5.02 Å². The highest BCUT2D eigenvalue weighted by molar-refractivity contribution is 6.33. The molecule has 3 amide bonds.